The number of hydrogen-bond acceptors (Lipinski definition) is 7. The summed E-state index contributed by atoms with van der Waals surface area (Å²) in [7, 11) is -4.83. The van der Waals surface area contributed by atoms with Gasteiger partial charge in [-0.1, -0.05) is 0 Å². The van der Waals surface area contributed by atoms with Crippen LogP contribution in [0.2, 0.25) is 0 Å². The number of fused-ring (bicyclic) bond motifs is 2. The molecule has 0 spiro atoms. The Labute approximate surface area is 162 Å². The highest BCUT2D eigenvalue weighted by Gasteiger charge is 2.48. The summed E-state index contributed by atoms with van der Waals surface area (Å²) in [6.45, 7) is 2.73. The van der Waals surface area contributed by atoms with Crippen LogP contribution in [0.15, 0.2) is 0 Å². The monoisotopic (exact) mass is 417 g/mol. The SMILES string of the molecule is CC(=O)N1CCC(CC(=O)NC(=N)C2CCC3CN2C(=O)N3OS(=O)(=O)O)C1. The Morgan fingerprint density at radius 3 is 2.61 bits per heavy atom. The summed E-state index contributed by atoms with van der Waals surface area (Å²) in [6, 6.07) is -2.04. The molecule has 3 unspecified atom stereocenters. The minimum Gasteiger partial charge on any atom is -0.343 e. The van der Waals surface area contributed by atoms with Crippen LogP contribution in [0.3, 0.4) is 0 Å². The average molecular weight is 417 g/mol. The molecule has 3 fully saturated rings. The van der Waals surface area contributed by atoms with Crippen molar-refractivity contribution in [3.63, 3.8) is 0 Å². The topological polar surface area (TPSA) is 160 Å². The molecule has 3 heterocycles. The van der Waals surface area contributed by atoms with Crippen LogP contribution < -0.4 is 5.32 Å². The standard InChI is InChI=1S/C15H23N5O7S/c1-9(21)18-5-4-10(7-18)6-13(22)17-14(16)12-3-2-11-8-19(12)15(23)20(11)27-28(24,25)26/h10-12H,2-8H2,1H3,(H2,16,17,22)(H,24,25,26). The van der Waals surface area contributed by atoms with Crippen LogP contribution in [0.4, 0.5) is 4.79 Å². The molecule has 13 heteroatoms. The van der Waals surface area contributed by atoms with E-state index < -0.39 is 28.5 Å². The molecule has 0 radical (unpaired) electrons. The molecule has 0 aromatic heterocycles. The predicted octanol–water partition coefficient (Wildman–Crippen LogP) is -0.659. The molecule has 3 rings (SSSR count). The van der Waals surface area contributed by atoms with Gasteiger partial charge in [-0.3, -0.25) is 19.6 Å². The number of rotatable bonds is 5. The summed E-state index contributed by atoms with van der Waals surface area (Å²) < 4.78 is 35.0. The maximum atomic E-state index is 12.3. The highest BCUT2D eigenvalue weighted by molar-refractivity contribution is 7.80. The van der Waals surface area contributed by atoms with Crippen molar-refractivity contribution in [3.05, 3.63) is 0 Å². The third-order valence-electron chi connectivity index (χ3n) is 5.31. The molecule has 0 saturated carbocycles. The minimum absolute atomic E-state index is 0.0273. The summed E-state index contributed by atoms with van der Waals surface area (Å²) >= 11 is 0. The van der Waals surface area contributed by atoms with Crippen molar-refractivity contribution in [3.8, 4) is 0 Å². The highest BCUT2D eigenvalue weighted by atomic mass is 32.3. The van der Waals surface area contributed by atoms with E-state index in [1.807, 2.05) is 0 Å². The molecule has 3 saturated heterocycles. The number of nitrogens with zero attached hydrogens (tertiary/aromatic N) is 3. The van der Waals surface area contributed by atoms with Gasteiger partial charge in [0.15, 0.2) is 0 Å². The number of amidine groups is 1. The molecule has 156 valence electrons. The maximum absolute atomic E-state index is 12.3. The quantitative estimate of drug-likeness (QED) is 0.304. The lowest BCUT2D eigenvalue weighted by molar-refractivity contribution is -0.128. The van der Waals surface area contributed by atoms with E-state index in [1.165, 1.54) is 11.8 Å². The number of urea groups is 1. The first-order valence-electron chi connectivity index (χ1n) is 8.96. The molecule has 0 aromatic carbocycles. The summed E-state index contributed by atoms with van der Waals surface area (Å²) in [5.74, 6) is -0.511. The van der Waals surface area contributed by atoms with Crippen LogP contribution in [0.25, 0.3) is 0 Å². The number of carbonyl (C=O) groups is 3. The minimum atomic E-state index is -4.83. The zero-order valence-electron chi connectivity index (χ0n) is 15.3. The first-order valence-corrected chi connectivity index (χ1v) is 10.3. The number of amides is 4. The molecule has 4 amide bonds. The number of nitrogens with one attached hydrogen (secondary N) is 2. The van der Waals surface area contributed by atoms with E-state index in [9.17, 15) is 22.8 Å². The van der Waals surface area contributed by atoms with Crippen molar-refractivity contribution in [2.24, 2.45) is 5.92 Å². The second kappa shape index (κ2) is 7.64. The van der Waals surface area contributed by atoms with Crippen LogP contribution in [0, 0.1) is 11.3 Å². The van der Waals surface area contributed by atoms with Gasteiger partial charge in [-0.15, -0.1) is 4.28 Å². The van der Waals surface area contributed by atoms with Gasteiger partial charge in [-0.05, 0) is 25.2 Å². The van der Waals surface area contributed by atoms with Gasteiger partial charge >= 0.3 is 16.4 Å². The fourth-order valence-corrected chi connectivity index (χ4v) is 4.35. The van der Waals surface area contributed by atoms with Crippen LogP contribution in [0.5, 0.6) is 0 Å². The number of piperidine rings is 1. The molecule has 0 aromatic rings. The summed E-state index contributed by atoms with van der Waals surface area (Å²) in [6.07, 6.45) is 1.60. The third kappa shape index (κ3) is 4.42. The van der Waals surface area contributed by atoms with Crippen LogP contribution in [-0.2, 0) is 24.3 Å². The zero-order valence-corrected chi connectivity index (χ0v) is 16.1. The first-order chi connectivity index (χ1) is 13.0. The molecule has 2 bridgehead atoms. The largest absolute Gasteiger partial charge is 0.418 e. The first kappa shape index (κ1) is 20.5. The van der Waals surface area contributed by atoms with E-state index in [2.05, 4.69) is 9.60 Å². The van der Waals surface area contributed by atoms with E-state index in [0.717, 1.165) is 6.42 Å². The highest BCUT2D eigenvalue weighted by Crippen LogP contribution is 2.30. The van der Waals surface area contributed by atoms with E-state index in [0.29, 0.717) is 31.0 Å². The molecular formula is C15H23N5O7S. The molecule has 3 aliphatic rings. The Morgan fingerprint density at radius 2 is 2.00 bits per heavy atom. The summed E-state index contributed by atoms with van der Waals surface area (Å²) in [5, 5.41) is 11.3. The molecule has 28 heavy (non-hydrogen) atoms. The Hall–Kier alpha value is -2.25. The lowest BCUT2D eigenvalue weighted by Gasteiger charge is -2.30. The van der Waals surface area contributed by atoms with E-state index in [1.54, 1.807) is 4.90 Å². The average Bonchev–Trinajstić information content (AvgIpc) is 3.13. The van der Waals surface area contributed by atoms with Gasteiger partial charge in [-0.25, -0.2) is 4.79 Å². The molecule has 3 N–H and O–H groups in total. The van der Waals surface area contributed by atoms with Crippen LogP contribution in [0.1, 0.15) is 32.6 Å². The van der Waals surface area contributed by atoms with Crippen molar-refractivity contribution < 1.29 is 31.6 Å². The van der Waals surface area contributed by atoms with Crippen molar-refractivity contribution >= 4 is 34.1 Å². The smallest absolute Gasteiger partial charge is 0.343 e. The number of hydrogen-bond donors (Lipinski definition) is 3. The molecule has 3 aliphatic heterocycles. The normalized spacial score (nSPS) is 27.3. The van der Waals surface area contributed by atoms with Gasteiger partial charge in [0.05, 0.1) is 12.1 Å². The second-order valence-corrected chi connectivity index (χ2v) is 8.30. The van der Waals surface area contributed by atoms with Crippen molar-refractivity contribution in [2.45, 2.75) is 44.7 Å². The third-order valence-corrected chi connectivity index (χ3v) is 5.66. The van der Waals surface area contributed by atoms with Crippen molar-refractivity contribution in [1.29, 1.82) is 5.41 Å². The lowest BCUT2D eigenvalue weighted by atomic mass is 9.99. The lowest BCUT2D eigenvalue weighted by Crippen LogP contribution is -2.51. The summed E-state index contributed by atoms with van der Waals surface area (Å²) in [4.78, 5) is 38.9. The van der Waals surface area contributed by atoms with Gasteiger partial charge in [0.2, 0.25) is 11.8 Å². The van der Waals surface area contributed by atoms with E-state index in [-0.39, 0.29) is 36.5 Å². The van der Waals surface area contributed by atoms with E-state index in [4.69, 9.17) is 9.96 Å². The van der Waals surface area contributed by atoms with E-state index >= 15 is 0 Å². The molecule has 12 nitrogen and oxygen atoms in total. The number of likely N-dealkylation sites (tertiary alicyclic amines) is 1. The summed E-state index contributed by atoms with van der Waals surface area (Å²) in [5.41, 5.74) is 0. The number of carbonyl (C=O) groups excluding carboxylic acids is 3. The predicted molar refractivity (Wildman–Crippen MR) is 94.2 cm³/mol. The Bertz CT molecular complexity index is 801. The van der Waals surface area contributed by atoms with Gasteiger partial charge in [0.1, 0.15) is 5.84 Å². The fourth-order valence-electron chi connectivity index (χ4n) is 3.96. The molecule has 3 atom stereocenters. The van der Waals surface area contributed by atoms with Gasteiger partial charge in [-0.2, -0.15) is 13.5 Å². The Kier molecular flexibility index (Phi) is 5.59. The van der Waals surface area contributed by atoms with Gasteiger partial charge in [0, 0.05) is 33.0 Å². The van der Waals surface area contributed by atoms with Gasteiger partial charge in [0.25, 0.3) is 0 Å². The molecular weight excluding hydrogens is 394 g/mol. The van der Waals surface area contributed by atoms with Crippen molar-refractivity contribution in [2.75, 3.05) is 19.6 Å². The van der Waals surface area contributed by atoms with Gasteiger partial charge < -0.3 is 15.1 Å². The zero-order chi connectivity index (χ0) is 20.6. The Morgan fingerprint density at radius 1 is 1.29 bits per heavy atom. The van der Waals surface area contributed by atoms with Crippen molar-refractivity contribution in [1.82, 2.24) is 20.2 Å². The van der Waals surface area contributed by atoms with Crippen LogP contribution >= 0.6 is 0 Å². The van der Waals surface area contributed by atoms with Crippen LogP contribution in [-0.4, -0.2) is 83.2 Å². The fraction of sp³-hybridized carbons (Fsp3) is 0.733. The Balaban J connectivity index is 1.55. The number of hydroxylamine groups is 2. The maximum Gasteiger partial charge on any atom is 0.418 e. The molecule has 0 aliphatic carbocycles. The second-order valence-electron chi connectivity index (χ2n) is 7.30.